The van der Waals surface area contributed by atoms with E-state index in [1.54, 1.807) is 9.80 Å². The van der Waals surface area contributed by atoms with Gasteiger partial charge in [0.15, 0.2) is 0 Å². The van der Waals surface area contributed by atoms with Crippen molar-refractivity contribution in [3.05, 3.63) is 0 Å². The molecule has 2 aliphatic rings. The second kappa shape index (κ2) is 5.07. The molecule has 96 valence electrons. The molecular weight excluding hydrogens is 216 g/mol. The fourth-order valence-electron chi connectivity index (χ4n) is 2.84. The van der Waals surface area contributed by atoms with E-state index in [2.05, 4.69) is 6.92 Å². The predicted octanol–water partition coefficient (Wildman–Crippen LogP) is 1.40. The Morgan fingerprint density at radius 3 is 2.71 bits per heavy atom. The van der Waals surface area contributed by atoms with E-state index in [9.17, 15) is 9.59 Å². The molecule has 2 unspecified atom stereocenters. The van der Waals surface area contributed by atoms with E-state index >= 15 is 0 Å². The third-order valence-electron chi connectivity index (χ3n) is 3.93. The first kappa shape index (κ1) is 12.4. The van der Waals surface area contributed by atoms with Crippen LogP contribution in [0.15, 0.2) is 0 Å². The lowest BCUT2D eigenvalue weighted by molar-refractivity contribution is -0.162. The molecule has 2 heterocycles. The van der Waals surface area contributed by atoms with Crippen LogP contribution in [0.3, 0.4) is 0 Å². The lowest BCUT2D eigenvalue weighted by Gasteiger charge is -2.46. The standard InChI is InChI=1S/C13H22N2O2/c1-3-4-8-14-10(2)12(16)15-9-6-5-7-11(15)13(14)17/h10-11H,3-9H2,1-2H3. The van der Waals surface area contributed by atoms with Gasteiger partial charge in [-0.15, -0.1) is 0 Å². The van der Waals surface area contributed by atoms with E-state index in [1.807, 2.05) is 6.92 Å². The Labute approximate surface area is 103 Å². The maximum absolute atomic E-state index is 12.4. The summed E-state index contributed by atoms with van der Waals surface area (Å²) in [5, 5.41) is 0. The van der Waals surface area contributed by atoms with Crippen molar-refractivity contribution < 1.29 is 9.59 Å². The molecule has 0 aromatic carbocycles. The summed E-state index contributed by atoms with van der Waals surface area (Å²) in [6, 6.07) is -0.423. The summed E-state index contributed by atoms with van der Waals surface area (Å²) in [4.78, 5) is 28.2. The molecule has 2 aliphatic heterocycles. The molecule has 2 atom stereocenters. The number of nitrogens with zero attached hydrogens (tertiary/aromatic N) is 2. The number of amides is 2. The number of rotatable bonds is 3. The maximum Gasteiger partial charge on any atom is 0.246 e. The molecule has 0 saturated carbocycles. The molecule has 0 spiro atoms. The minimum Gasteiger partial charge on any atom is -0.329 e. The molecule has 0 radical (unpaired) electrons. The lowest BCUT2D eigenvalue weighted by atomic mass is 9.95. The molecule has 0 N–H and O–H groups in total. The van der Waals surface area contributed by atoms with Crippen LogP contribution in [0.4, 0.5) is 0 Å². The van der Waals surface area contributed by atoms with E-state index in [1.165, 1.54) is 0 Å². The quantitative estimate of drug-likeness (QED) is 0.745. The first-order valence-corrected chi connectivity index (χ1v) is 6.77. The highest BCUT2D eigenvalue weighted by Crippen LogP contribution is 2.26. The van der Waals surface area contributed by atoms with E-state index < -0.39 is 0 Å². The molecule has 0 aliphatic carbocycles. The van der Waals surface area contributed by atoms with Gasteiger partial charge in [-0.05, 0) is 32.6 Å². The van der Waals surface area contributed by atoms with Crippen LogP contribution in [0, 0.1) is 0 Å². The number of piperazine rings is 1. The SMILES string of the molecule is CCCCN1C(=O)C2CCCCN2C(=O)C1C. The van der Waals surface area contributed by atoms with Crippen LogP contribution < -0.4 is 0 Å². The number of carbonyl (C=O) groups is 2. The zero-order valence-electron chi connectivity index (χ0n) is 10.8. The lowest BCUT2D eigenvalue weighted by Crippen LogP contribution is -2.65. The van der Waals surface area contributed by atoms with Crippen molar-refractivity contribution in [1.82, 2.24) is 9.80 Å². The first-order valence-electron chi connectivity index (χ1n) is 6.77. The van der Waals surface area contributed by atoms with Gasteiger partial charge in [0.2, 0.25) is 11.8 Å². The molecule has 0 aromatic rings. The summed E-state index contributed by atoms with van der Waals surface area (Å²) in [6.07, 6.45) is 4.99. The van der Waals surface area contributed by atoms with Gasteiger partial charge in [-0.1, -0.05) is 13.3 Å². The van der Waals surface area contributed by atoms with Gasteiger partial charge in [-0.3, -0.25) is 9.59 Å². The van der Waals surface area contributed by atoms with Crippen LogP contribution in [-0.2, 0) is 9.59 Å². The highest BCUT2D eigenvalue weighted by Gasteiger charge is 2.44. The fourth-order valence-corrected chi connectivity index (χ4v) is 2.84. The number of hydrogen-bond acceptors (Lipinski definition) is 2. The molecule has 0 aromatic heterocycles. The second-order valence-electron chi connectivity index (χ2n) is 5.10. The third kappa shape index (κ3) is 2.17. The topological polar surface area (TPSA) is 40.6 Å². The Balaban J connectivity index is 2.14. The highest BCUT2D eigenvalue weighted by molar-refractivity contribution is 5.96. The normalized spacial score (nSPS) is 29.5. The van der Waals surface area contributed by atoms with Gasteiger partial charge in [-0.2, -0.15) is 0 Å². The molecule has 2 fully saturated rings. The predicted molar refractivity (Wildman–Crippen MR) is 65.4 cm³/mol. The van der Waals surface area contributed by atoms with Gasteiger partial charge >= 0.3 is 0 Å². The molecule has 2 rings (SSSR count). The molecule has 17 heavy (non-hydrogen) atoms. The van der Waals surface area contributed by atoms with Crippen LogP contribution in [0.25, 0.3) is 0 Å². The van der Waals surface area contributed by atoms with Crippen LogP contribution in [-0.4, -0.2) is 46.8 Å². The van der Waals surface area contributed by atoms with Gasteiger partial charge in [-0.25, -0.2) is 0 Å². The van der Waals surface area contributed by atoms with Crippen molar-refractivity contribution in [3.63, 3.8) is 0 Å². The van der Waals surface area contributed by atoms with Crippen molar-refractivity contribution in [2.24, 2.45) is 0 Å². The second-order valence-corrected chi connectivity index (χ2v) is 5.10. The van der Waals surface area contributed by atoms with Gasteiger partial charge < -0.3 is 9.80 Å². The zero-order chi connectivity index (χ0) is 12.4. The highest BCUT2D eigenvalue weighted by atomic mass is 16.2. The van der Waals surface area contributed by atoms with E-state index in [0.29, 0.717) is 0 Å². The Kier molecular flexibility index (Phi) is 3.69. The van der Waals surface area contributed by atoms with E-state index in [4.69, 9.17) is 0 Å². The number of fused-ring (bicyclic) bond motifs is 1. The summed E-state index contributed by atoms with van der Waals surface area (Å²) in [7, 11) is 0. The molecule has 2 saturated heterocycles. The minimum absolute atomic E-state index is 0.144. The van der Waals surface area contributed by atoms with Crippen molar-refractivity contribution in [2.75, 3.05) is 13.1 Å². The first-order chi connectivity index (χ1) is 8.16. The average Bonchev–Trinajstić information content (AvgIpc) is 2.36. The summed E-state index contributed by atoms with van der Waals surface area (Å²) in [5.74, 6) is 0.315. The Hall–Kier alpha value is -1.06. The molecular formula is C13H22N2O2. The number of unbranched alkanes of at least 4 members (excludes halogenated alkanes) is 1. The van der Waals surface area contributed by atoms with Crippen LogP contribution in [0.1, 0.15) is 46.0 Å². The summed E-state index contributed by atoms with van der Waals surface area (Å²) in [6.45, 7) is 5.46. The van der Waals surface area contributed by atoms with Crippen LogP contribution >= 0.6 is 0 Å². The molecule has 4 nitrogen and oxygen atoms in total. The third-order valence-corrected chi connectivity index (χ3v) is 3.93. The number of piperidine rings is 1. The van der Waals surface area contributed by atoms with Crippen molar-refractivity contribution in [1.29, 1.82) is 0 Å². The summed E-state index contributed by atoms with van der Waals surface area (Å²) in [5.41, 5.74) is 0. The van der Waals surface area contributed by atoms with Gasteiger partial charge in [0.25, 0.3) is 0 Å². The Bertz CT molecular complexity index is 317. The van der Waals surface area contributed by atoms with Crippen molar-refractivity contribution in [2.45, 2.75) is 58.0 Å². The van der Waals surface area contributed by atoms with E-state index in [-0.39, 0.29) is 23.9 Å². The summed E-state index contributed by atoms with van der Waals surface area (Å²) < 4.78 is 0. The van der Waals surface area contributed by atoms with Crippen LogP contribution in [0.5, 0.6) is 0 Å². The van der Waals surface area contributed by atoms with Crippen molar-refractivity contribution in [3.8, 4) is 0 Å². The van der Waals surface area contributed by atoms with Crippen LogP contribution in [0.2, 0.25) is 0 Å². The average molecular weight is 238 g/mol. The Morgan fingerprint density at radius 1 is 1.24 bits per heavy atom. The molecule has 2 amide bonds. The number of hydrogen-bond donors (Lipinski definition) is 0. The smallest absolute Gasteiger partial charge is 0.246 e. The Morgan fingerprint density at radius 2 is 2.00 bits per heavy atom. The maximum atomic E-state index is 12.4. The zero-order valence-corrected chi connectivity index (χ0v) is 10.8. The van der Waals surface area contributed by atoms with Crippen molar-refractivity contribution >= 4 is 11.8 Å². The van der Waals surface area contributed by atoms with Gasteiger partial charge in [0.05, 0.1) is 0 Å². The monoisotopic (exact) mass is 238 g/mol. The van der Waals surface area contributed by atoms with E-state index in [0.717, 1.165) is 45.2 Å². The minimum atomic E-state index is -0.261. The van der Waals surface area contributed by atoms with Gasteiger partial charge in [0.1, 0.15) is 12.1 Å². The molecule has 0 bridgehead atoms. The largest absolute Gasteiger partial charge is 0.329 e. The number of carbonyl (C=O) groups excluding carboxylic acids is 2. The fraction of sp³-hybridized carbons (Fsp3) is 0.846. The summed E-state index contributed by atoms with van der Waals surface area (Å²) >= 11 is 0. The molecule has 4 heteroatoms. The van der Waals surface area contributed by atoms with Gasteiger partial charge in [0, 0.05) is 13.1 Å².